The Morgan fingerprint density at radius 2 is 1.62 bits per heavy atom. The maximum Gasteiger partial charge on any atom is 0.161 e. The summed E-state index contributed by atoms with van der Waals surface area (Å²) in [5, 5.41) is 88.6. The number of fused-ring (bicyclic) bond motifs is 7. The number of phenols is 1. The van der Waals surface area contributed by atoms with E-state index in [4.69, 9.17) is 10.5 Å². The Kier molecular flexibility index (Phi) is 16.7. The number of ether oxygens (including phenoxy) is 1. The number of nitrogens with one attached hydrogen (secondary N) is 2. The summed E-state index contributed by atoms with van der Waals surface area (Å²) in [5.41, 5.74) is 16.3. The van der Waals surface area contributed by atoms with E-state index in [0.717, 1.165) is 60.1 Å². The van der Waals surface area contributed by atoms with E-state index in [0.29, 0.717) is 87.6 Å². The highest BCUT2D eigenvalue weighted by molar-refractivity contribution is 8.76. The lowest BCUT2D eigenvalue weighted by molar-refractivity contribution is -0.123. The first-order valence-electron chi connectivity index (χ1n) is 30.1. The molecule has 3 fully saturated rings. The number of H-pyrrole nitrogens is 1. The molecule has 3 aromatic carbocycles. The Hall–Kier alpha value is -4.62. The van der Waals surface area contributed by atoms with Gasteiger partial charge >= 0.3 is 0 Å². The molecule has 426 valence electrons. The van der Waals surface area contributed by atoms with Crippen LogP contribution in [0.5, 0.6) is 11.5 Å². The minimum Gasteiger partial charge on any atom is -0.504 e. The van der Waals surface area contributed by atoms with Crippen molar-refractivity contribution in [3.8, 4) is 23.3 Å². The summed E-state index contributed by atoms with van der Waals surface area (Å²) < 4.78 is 7.00. The summed E-state index contributed by atoms with van der Waals surface area (Å²) >= 11 is 0. The molecule has 18 unspecified atom stereocenters. The number of aliphatic hydroxyl groups excluding tert-OH is 6. The Bertz CT molecular complexity index is 2990. The number of aromatic hydroxyl groups is 1. The molecule has 0 radical (unpaired) electrons. The lowest BCUT2D eigenvalue weighted by atomic mass is 9.45. The van der Waals surface area contributed by atoms with Gasteiger partial charge in [-0.25, -0.2) is 0 Å². The van der Waals surface area contributed by atoms with Gasteiger partial charge in [0.2, 0.25) is 0 Å². The predicted octanol–water partition coefficient (Wildman–Crippen LogP) is 9.26. The molecule has 2 saturated carbocycles. The summed E-state index contributed by atoms with van der Waals surface area (Å²) in [6.07, 6.45) is 10.6. The third-order valence-corrected chi connectivity index (χ3v) is 23.2. The van der Waals surface area contributed by atoms with Crippen molar-refractivity contribution >= 4 is 21.6 Å². The summed E-state index contributed by atoms with van der Waals surface area (Å²) in [7, 11) is 3.25. The summed E-state index contributed by atoms with van der Waals surface area (Å²) in [5.74, 6) is 8.76. The Labute approximate surface area is 480 Å². The number of aliphatic hydroxyl groups is 6. The minimum atomic E-state index is -1.08. The van der Waals surface area contributed by atoms with E-state index in [1.807, 2.05) is 24.4 Å². The molecule has 13 heteroatoms. The molecule has 0 amide bonds. The molecule has 6 aliphatic carbocycles. The quantitative estimate of drug-likeness (QED) is 0.0478. The Balaban J connectivity index is 0.934. The van der Waals surface area contributed by atoms with Gasteiger partial charge in [0, 0.05) is 77.1 Å². The number of aromatic nitrogens is 1. The number of phenolic OH excluding ortho intramolecular Hbond substituents is 1. The number of aromatic amines is 1. The zero-order valence-corrected chi connectivity index (χ0v) is 47.8. The van der Waals surface area contributed by atoms with Crippen molar-refractivity contribution in [2.24, 2.45) is 64.4 Å². The summed E-state index contributed by atoms with van der Waals surface area (Å²) in [6, 6.07) is 27.7. The zero-order chi connectivity index (χ0) is 55.2. The topological polar surface area (TPSA) is 205 Å². The molecule has 1 aromatic heterocycles. The van der Waals surface area contributed by atoms with Crippen molar-refractivity contribution in [2.75, 3.05) is 24.7 Å². The fourth-order valence-electron chi connectivity index (χ4n) is 17.0. The van der Waals surface area contributed by atoms with E-state index >= 15 is 0 Å². The number of hydrogen-bond acceptors (Lipinski definition) is 12. The molecule has 3 heterocycles. The van der Waals surface area contributed by atoms with Crippen molar-refractivity contribution in [1.29, 1.82) is 0 Å². The average molecular weight is 1120 g/mol. The lowest BCUT2D eigenvalue weighted by Crippen LogP contribution is -2.57. The minimum absolute atomic E-state index is 0.0255. The molecule has 0 bridgehead atoms. The smallest absolute Gasteiger partial charge is 0.161 e. The maximum atomic E-state index is 12.8. The molecule has 4 aromatic rings. The van der Waals surface area contributed by atoms with Crippen LogP contribution < -0.4 is 15.8 Å². The van der Waals surface area contributed by atoms with Gasteiger partial charge in [-0.15, -0.1) is 0 Å². The molecule has 8 aliphatic rings. The van der Waals surface area contributed by atoms with Crippen LogP contribution in [-0.4, -0.2) is 102 Å². The van der Waals surface area contributed by atoms with Crippen LogP contribution in [0.15, 0.2) is 120 Å². The van der Waals surface area contributed by atoms with E-state index < -0.39 is 59.8 Å². The molecular formula is C67H83N3O8S2. The molecule has 18 atom stereocenters. The Morgan fingerprint density at radius 1 is 0.812 bits per heavy atom. The van der Waals surface area contributed by atoms with Gasteiger partial charge in [0.25, 0.3) is 0 Å². The second kappa shape index (κ2) is 23.9. The van der Waals surface area contributed by atoms with E-state index in [-0.39, 0.29) is 59.5 Å². The molecule has 80 heavy (non-hydrogen) atoms. The molecular weight excluding hydrogens is 1040 g/mol. The van der Waals surface area contributed by atoms with Crippen molar-refractivity contribution in [2.45, 2.75) is 145 Å². The fraction of sp³-hybridized carbons (Fsp3) is 0.552. The zero-order valence-electron chi connectivity index (χ0n) is 46.2. The van der Waals surface area contributed by atoms with Gasteiger partial charge in [-0.05, 0) is 183 Å². The number of benzene rings is 3. The number of rotatable bonds is 7. The number of dihydropyridines is 1. The average Bonchev–Trinajstić information content (AvgIpc) is 3.98. The Morgan fingerprint density at radius 3 is 2.42 bits per heavy atom. The molecule has 2 aliphatic heterocycles. The third-order valence-electron chi connectivity index (χ3n) is 20.8. The molecule has 1 saturated heterocycles. The first-order chi connectivity index (χ1) is 38.9. The second-order valence-corrected chi connectivity index (χ2v) is 27.7. The van der Waals surface area contributed by atoms with Crippen LogP contribution in [-0.2, 0) is 25.7 Å². The summed E-state index contributed by atoms with van der Waals surface area (Å²) in [4.78, 5) is 3.38. The predicted molar refractivity (Wildman–Crippen MR) is 317 cm³/mol. The van der Waals surface area contributed by atoms with Crippen LogP contribution in [0.4, 0.5) is 0 Å². The van der Waals surface area contributed by atoms with Crippen molar-refractivity contribution in [3.63, 3.8) is 0 Å². The van der Waals surface area contributed by atoms with E-state index in [2.05, 4.69) is 102 Å². The fourth-order valence-corrected chi connectivity index (χ4v) is 19.5. The van der Waals surface area contributed by atoms with Crippen LogP contribution in [0, 0.1) is 70.5 Å². The van der Waals surface area contributed by atoms with Gasteiger partial charge in [0.05, 0.1) is 30.5 Å². The van der Waals surface area contributed by atoms with Crippen LogP contribution in [0.25, 0.3) is 0 Å². The highest BCUT2D eigenvalue weighted by Crippen LogP contribution is 2.63. The monoisotopic (exact) mass is 1120 g/mol. The number of nitrogens with two attached hydrogens (primary N) is 1. The van der Waals surface area contributed by atoms with E-state index in [1.54, 1.807) is 21.6 Å². The number of aryl methyl sites for hydroxylation is 1. The molecule has 11 nitrogen and oxygen atoms in total. The maximum absolute atomic E-state index is 12.8. The SMILES string of the molecule is CCC1Cc2cc(O)c(OC3CC(Cc4ccc[nH]4)C4=CCNC(N)=C4CSSCC(CO)C3O)cc2C2CC(O)C3C(C#CC4(CC(O)CCC3O)CC(c3ccccc3)C3Cc5ccccc5CCC5CCC(O)C4C53)C=C12. The molecule has 12 rings (SSSR count). The van der Waals surface area contributed by atoms with E-state index in [1.165, 1.54) is 22.3 Å². The second-order valence-electron chi connectivity index (χ2n) is 25.2. The van der Waals surface area contributed by atoms with Crippen molar-refractivity contribution < 1.29 is 40.5 Å². The highest BCUT2D eigenvalue weighted by Gasteiger charge is 2.59. The third kappa shape index (κ3) is 10.9. The largest absolute Gasteiger partial charge is 0.504 e. The lowest BCUT2D eigenvalue weighted by Gasteiger charge is -2.59. The number of hydrogen-bond donors (Lipinski definition) is 10. The van der Waals surface area contributed by atoms with Gasteiger partial charge in [-0.2, -0.15) is 0 Å². The van der Waals surface area contributed by atoms with Crippen LogP contribution in [0.1, 0.15) is 116 Å². The van der Waals surface area contributed by atoms with Crippen LogP contribution in [0.3, 0.4) is 0 Å². The van der Waals surface area contributed by atoms with E-state index in [9.17, 15) is 35.7 Å². The first kappa shape index (κ1) is 55.9. The standard InChI is InChI=1S/C67H83N3O8S2/c1-2-38-25-44-29-58(75)60(78-61-30-45(26-47-13-8-23-69-47)49-21-24-70-66(68)55(49)37-80-79-36-46(35-71)65(61)77)32-51(44)52-31-59(76)63-43(28-50(38)52)20-22-67(33-48(72)17-19-56(63)73)34-54(40-10-4-3-5-11-40)53-27-42-12-7-6-9-39(42)14-15-41-16-18-57(74)64(67)62(41)53/h3-13,21,23,28-29,32,38,41,43,45-46,48,52-54,56-57,59,61-65,69-77H,2,14-19,24-27,30-31,33-37,68H2,1H3. The van der Waals surface area contributed by atoms with Gasteiger partial charge in [-0.3, -0.25) is 0 Å². The normalized spacial score (nSPS) is 37.2. The van der Waals surface area contributed by atoms with Crippen molar-refractivity contribution in [1.82, 2.24) is 10.3 Å². The molecule has 11 N–H and O–H groups in total. The van der Waals surface area contributed by atoms with Crippen LogP contribution in [0.2, 0.25) is 0 Å². The number of allylic oxidation sites excluding steroid dienone is 3. The van der Waals surface area contributed by atoms with Gasteiger partial charge in [0.1, 0.15) is 11.9 Å². The molecule has 1 spiro atoms. The van der Waals surface area contributed by atoms with Gasteiger partial charge in [0.15, 0.2) is 11.5 Å². The highest BCUT2D eigenvalue weighted by atomic mass is 33.1. The summed E-state index contributed by atoms with van der Waals surface area (Å²) in [6.45, 7) is 2.53. The van der Waals surface area contributed by atoms with Crippen molar-refractivity contribution in [3.05, 3.63) is 153 Å². The van der Waals surface area contributed by atoms with Crippen LogP contribution >= 0.6 is 21.6 Å². The van der Waals surface area contributed by atoms with Gasteiger partial charge in [-0.1, -0.05) is 113 Å². The van der Waals surface area contributed by atoms with Gasteiger partial charge < -0.3 is 56.5 Å². The first-order valence-corrected chi connectivity index (χ1v) is 32.6.